The lowest BCUT2D eigenvalue weighted by molar-refractivity contribution is -0.137. The summed E-state index contributed by atoms with van der Waals surface area (Å²) in [5.74, 6) is -0.830. The summed E-state index contributed by atoms with van der Waals surface area (Å²) in [4.78, 5) is 21.8. The molecular weight excluding hydrogens is 357 g/mol. The van der Waals surface area contributed by atoms with E-state index in [0.29, 0.717) is 19.4 Å². The standard InChI is InChI=1S/C14H18INO3/c15-12-8-6-11(7-9-12)3-1-4-13(17)16-10-2-5-14(18)19/h6-9H,1-5,10H2,(H,16,17)(H,18,19). The minimum Gasteiger partial charge on any atom is -0.481 e. The molecule has 0 saturated carbocycles. The summed E-state index contributed by atoms with van der Waals surface area (Å²) >= 11 is 2.26. The van der Waals surface area contributed by atoms with Gasteiger partial charge in [0.1, 0.15) is 0 Å². The molecule has 0 aromatic heterocycles. The molecule has 1 amide bonds. The first-order valence-corrected chi connectivity index (χ1v) is 7.39. The molecule has 0 heterocycles. The molecule has 1 rings (SSSR count). The summed E-state index contributed by atoms with van der Waals surface area (Å²) in [5, 5.41) is 11.2. The Morgan fingerprint density at radius 1 is 1.11 bits per heavy atom. The van der Waals surface area contributed by atoms with E-state index in [0.717, 1.165) is 12.8 Å². The van der Waals surface area contributed by atoms with Crippen LogP contribution >= 0.6 is 22.6 Å². The van der Waals surface area contributed by atoms with Crippen LogP contribution in [0.1, 0.15) is 31.2 Å². The van der Waals surface area contributed by atoms with Crippen LogP contribution in [0.4, 0.5) is 0 Å². The van der Waals surface area contributed by atoms with Crippen molar-refractivity contribution in [3.8, 4) is 0 Å². The van der Waals surface area contributed by atoms with Crippen molar-refractivity contribution in [2.75, 3.05) is 6.54 Å². The van der Waals surface area contributed by atoms with Crippen molar-refractivity contribution in [2.45, 2.75) is 32.1 Å². The van der Waals surface area contributed by atoms with Crippen LogP contribution in [0.15, 0.2) is 24.3 Å². The lowest BCUT2D eigenvalue weighted by Crippen LogP contribution is -2.24. The van der Waals surface area contributed by atoms with Crippen LogP contribution in [0.2, 0.25) is 0 Å². The molecule has 0 atom stereocenters. The Morgan fingerprint density at radius 2 is 1.79 bits per heavy atom. The average molecular weight is 375 g/mol. The molecule has 104 valence electrons. The third-order valence-corrected chi connectivity index (χ3v) is 3.39. The maximum absolute atomic E-state index is 11.5. The highest BCUT2D eigenvalue weighted by molar-refractivity contribution is 14.1. The number of carboxylic acid groups (broad SMARTS) is 1. The number of aryl methyl sites for hydroxylation is 1. The van der Waals surface area contributed by atoms with Gasteiger partial charge in [-0.1, -0.05) is 12.1 Å². The van der Waals surface area contributed by atoms with Gasteiger partial charge in [-0.25, -0.2) is 0 Å². The summed E-state index contributed by atoms with van der Waals surface area (Å²) in [7, 11) is 0. The fraction of sp³-hybridized carbons (Fsp3) is 0.429. The van der Waals surface area contributed by atoms with Crippen LogP contribution in [0.25, 0.3) is 0 Å². The zero-order chi connectivity index (χ0) is 14.1. The molecule has 19 heavy (non-hydrogen) atoms. The van der Waals surface area contributed by atoms with Crippen LogP contribution in [0.3, 0.4) is 0 Å². The van der Waals surface area contributed by atoms with E-state index in [1.165, 1.54) is 9.13 Å². The van der Waals surface area contributed by atoms with Gasteiger partial charge >= 0.3 is 5.97 Å². The Balaban J connectivity index is 2.10. The lowest BCUT2D eigenvalue weighted by atomic mass is 10.1. The van der Waals surface area contributed by atoms with E-state index in [1.807, 2.05) is 0 Å². The van der Waals surface area contributed by atoms with Crippen molar-refractivity contribution in [2.24, 2.45) is 0 Å². The number of amides is 1. The summed E-state index contributed by atoms with van der Waals surface area (Å²) in [6, 6.07) is 8.27. The molecule has 2 N–H and O–H groups in total. The number of rotatable bonds is 8. The molecule has 0 aliphatic carbocycles. The van der Waals surface area contributed by atoms with Crippen molar-refractivity contribution in [1.29, 1.82) is 0 Å². The highest BCUT2D eigenvalue weighted by Crippen LogP contribution is 2.09. The second-order valence-corrected chi connectivity index (χ2v) is 5.57. The zero-order valence-corrected chi connectivity index (χ0v) is 12.9. The molecule has 0 spiro atoms. The van der Waals surface area contributed by atoms with E-state index in [4.69, 9.17) is 5.11 Å². The first kappa shape index (κ1) is 15.9. The van der Waals surface area contributed by atoms with Crippen molar-refractivity contribution in [3.05, 3.63) is 33.4 Å². The topological polar surface area (TPSA) is 66.4 Å². The van der Waals surface area contributed by atoms with Gasteiger partial charge in [-0.2, -0.15) is 0 Å². The van der Waals surface area contributed by atoms with Crippen LogP contribution in [-0.4, -0.2) is 23.5 Å². The molecule has 0 unspecified atom stereocenters. The Kier molecular flexibility index (Phi) is 7.47. The van der Waals surface area contributed by atoms with E-state index < -0.39 is 5.97 Å². The molecular formula is C14H18INO3. The molecule has 0 aliphatic rings. The molecule has 0 fully saturated rings. The van der Waals surface area contributed by atoms with Gasteiger partial charge in [0.05, 0.1) is 0 Å². The Morgan fingerprint density at radius 3 is 2.42 bits per heavy atom. The largest absolute Gasteiger partial charge is 0.481 e. The maximum Gasteiger partial charge on any atom is 0.303 e. The predicted molar refractivity (Wildman–Crippen MR) is 82.0 cm³/mol. The molecule has 1 aromatic rings. The van der Waals surface area contributed by atoms with E-state index in [1.54, 1.807) is 0 Å². The summed E-state index contributed by atoms with van der Waals surface area (Å²) in [6.45, 7) is 0.439. The lowest BCUT2D eigenvalue weighted by Gasteiger charge is -2.04. The smallest absolute Gasteiger partial charge is 0.303 e. The van der Waals surface area contributed by atoms with Gasteiger partial charge in [-0.15, -0.1) is 0 Å². The van der Waals surface area contributed by atoms with Crippen molar-refractivity contribution in [3.63, 3.8) is 0 Å². The monoisotopic (exact) mass is 375 g/mol. The molecule has 1 aromatic carbocycles. The third-order valence-electron chi connectivity index (χ3n) is 2.67. The number of carbonyl (C=O) groups excluding carboxylic acids is 1. The number of aliphatic carboxylic acids is 1. The van der Waals surface area contributed by atoms with Gasteiger partial charge in [-0.3, -0.25) is 9.59 Å². The fourth-order valence-corrected chi connectivity index (χ4v) is 2.02. The number of carboxylic acids is 1. The van der Waals surface area contributed by atoms with Gasteiger partial charge < -0.3 is 10.4 Å². The van der Waals surface area contributed by atoms with Crippen LogP contribution in [0.5, 0.6) is 0 Å². The van der Waals surface area contributed by atoms with Crippen LogP contribution in [0, 0.1) is 3.57 Å². The van der Waals surface area contributed by atoms with Gasteiger partial charge in [0.15, 0.2) is 0 Å². The number of hydrogen-bond acceptors (Lipinski definition) is 2. The quantitative estimate of drug-likeness (QED) is 0.542. The minimum absolute atomic E-state index is 0.00380. The van der Waals surface area contributed by atoms with E-state index in [9.17, 15) is 9.59 Å². The average Bonchev–Trinajstić information content (AvgIpc) is 2.37. The van der Waals surface area contributed by atoms with E-state index >= 15 is 0 Å². The second-order valence-electron chi connectivity index (χ2n) is 4.33. The number of nitrogens with one attached hydrogen (secondary N) is 1. The molecule has 5 heteroatoms. The SMILES string of the molecule is O=C(O)CCCNC(=O)CCCc1ccc(I)cc1. The molecule has 0 saturated heterocycles. The van der Waals surface area contributed by atoms with Crippen molar-refractivity contribution >= 4 is 34.5 Å². The minimum atomic E-state index is -0.826. The highest BCUT2D eigenvalue weighted by Gasteiger charge is 2.02. The highest BCUT2D eigenvalue weighted by atomic mass is 127. The number of halogens is 1. The summed E-state index contributed by atoms with van der Waals surface area (Å²) in [6.07, 6.45) is 2.77. The number of hydrogen-bond donors (Lipinski definition) is 2. The first-order chi connectivity index (χ1) is 9.08. The van der Waals surface area contributed by atoms with Crippen LogP contribution < -0.4 is 5.32 Å². The van der Waals surface area contributed by atoms with E-state index in [2.05, 4.69) is 52.2 Å². The molecule has 0 bridgehead atoms. The Bertz CT molecular complexity index is 417. The normalized spacial score (nSPS) is 10.2. The Labute approximate surface area is 126 Å². The van der Waals surface area contributed by atoms with Gasteiger partial charge in [-0.05, 0) is 59.5 Å². The number of benzene rings is 1. The molecule has 4 nitrogen and oxygen atoms in total. The van der Waals surface area contributed by atoms with E-state index in [-0.39, 0.29) is 12.3 Å². The Hall–Kier alpha value is -1.11. The second kappa shape index (κ2) is 8.90. The summed E-state index contributed by atoms with van der Waals surface area (Å²) < 4.78 is 1.21. The zero-order valence-electron chi connectivity index (χ0n) is 10.7. The van der Waals surface area contributed by atoms with Crippen molar-refractivity contribution in [1.82, 2.24) is 5.32 Å². The third kappa shape index (κ3) is 7.81. The van der Waals surface area contributed by atoms with Gasteiger partial charge in [0.25, 0.3) is 0 Å². The fourth-order valence-electron chi connectivity index (χ4n) is 1.66. The molecule has 0 aliphatic heterocycles. The van der Waals surface area contributed by atoms with Gasteiger partial charge in [0.2, 0.25) is 5.91 Å². The first-order valence-electron chi connectivity index (χ1n) is 6.31. The number of carbonyl (C=O) groups is 2. The van der Waals surface area contributed by atoms with Crippen molar-refractivity contribution < 1.29 is 14.7 Å². The predicted octanol–water partition coefficient (Wildman–Crippen LogP) is 2.59. The van der Waals surface area contributed by atoms with Crippen LogP contribution in [-0.2, 0) is 16.0 Å². The maximum atomic E-state index is 11.5. The summed E-state index contributed by atoms with van der Waals surface area (Å²) in [5.41, 5.74) is 1.24. The molecule has 0 radical (unpaired) electrons. The van der Waals surface area contributed by atoms with Gasteiger partial charge in [0, 0.05) is 23.0 Å².